The van der Waals surface area contributed by atoms with Gasteiger partial charge in [-0.05, 0) is 12.8 Å². The molecule has 0 spiro atoms. The summed E-state index contributed by atoms with van der Waals surface area (Å²) in [5.74, 6) is -1.08. The van der Waals surface area contributed by atoms with Gasteiger partial charge in [0.2, 0.25) is 0 Å². The number of rotatable bonds is 1. The molecule has 1 saturated heterocycles. The summed E-state index contributed by atoms with van der Waals surface area (Å²) in [6, 6.07) is 0. The van der Waals surface area contributed by atoms with E-state index in [4.69, 9.17) is 4.74 Å². The van der Waals surface area contributed by atoms with Crippen molar-refractivity contribution in [2.45, 2.75) is 18.9 Å². The smallest absolute Gasteiger partial charge is 0.0969 e. The van der Waals surface area contributed by atoms with Gasteiger partial charge >= 0.3 is 0 Å². The first kappa shape index (κ1) is 8.39. The Hall–Kier alpha value is -0.610. The van der Waals surface area contributed by atoms with Crippen LogP contribution in [0.3, 0.4) is 0 Å². The number of carboxylic acids is 1. The summed E-state index contributed by atoms with van der Waals surface area (Å²) in [6.45, 7) is 0.568. The Morgan fingerprint density at radius 3 is 2.56 bits per heavy atom. The van der Waals surface area contributed by atoms with Crippen LogP contribution >= 0.6 is 0 Å². The van der Waals surface area contributed by atoms with E-state index >= 15 is 0 Å². The third-order valence-corrected chi connectivity index (χ3v) is 1.19. The molecule has 0 aromatic carbocycles. The second kappa shape index (κ2) is 3.42. The normalized spacial score (nSPS) is 25.1. The van der Waals surface area contributed by atoms with Crippen LogP contribution in [-0.4, -0.2) is 18.7 Å². The van der Waals surface area contributed by atoms with Gasteiger partial charge in [0.05, 0.1) is 12.1 Å². The molecule has 0 amide bonds. The fourth-order valence-corrected chi connectivity index (χ4v) is 0.764. The van der Waals surface area contributed by atoms with Crippen LogP contribution in [0.15, 0.2) is 0 Å². The number of hydrogen-bond donors (Lipinski definition) is 1. The standard InChI is InChI=1S/C5H8O3.H3N/c6-5(7)4-2-1-3-8-4;/h4H,1-3H2,(H,6,7);1H3/t4-;/m1./s1. The molecular formula is C5H11NO3. The topological polar surface area (TPSA) is 85.9 Å². The summed E-state index contributed by atoms with van der Waals surface area (Å²) in [7, 11) is 0. The first-order valence-electron chi connectivity index (χ1n) is 2.63. The molecule has 1 rings (SSSR count). The van der Waals surface area contributed by atoms with Gasteiger partial charge in [-0.3, -0.25) is 0 Å². The van der Waals surface area contributed by atoms with Gasteiger partial charge in [0.25, 0.3) is 0 Å². The van der Waals surface area contributed by atoms with E-state index in [0.717, 1.165) is 6.42 Å². The summed E-state index contributed by atoms with van der Waals surface area (Å²) in [5.41, 5.74) is 0. The number of ether oxygens (including phenoxy) is 1. The fourth-order valence-electron chi connectivity index (χ4n) is 0.764. The second-order valence-electron chi connectivity index (χ2n) is 1.82. The van der Waals surface area contributed by atoms with Gasteiger partial charge in [-0.15, -0.1) is 0 Å². The van der Waals surface area contributed by atoms with Gasteiger partial charge < -0.3 is 20.8 Å². The third-order valence-electron chi connectivity index (χ3n) is 1.19. The van der Waals surface area contributed by atoms with Gasteiger partial charge in [-0.25, -0.2) is 0 Å². The van der Waals surface area contributed by atoms with Crippen molar-refractivity contribution in [1.82, 2.24) is 6.15 Å². The predicted molar refractivity (Wildman–Crippen MR) is 30.0 cm³/mol. The van der Waals surface area contributed by atoms with Crippen LogP contribution in [0.4, 0.5) is 0 Å². The maximum atomic E-state index is 9.97. The molecule has 1 aliphatic heterocycles. The molecule has 1 fully saturated rings. The summed E-state index contributed by atoms with van der Waals surface area (Å²) < 4.78 is 4.75. The van der Waals surface area contributed by atoms with E-state index in [1.54, 1.807) is 0 Å². The molecule has 54 valence electrons. The summed E-state index contributed by atoms with van der Waals surface area (Å²) >= 11 is 0. The maximum absolute atomic E-state index is 9.97. The highest BCUT2D eigenvalue weighted by atomic mass is 16.5. The highest BCUT2D eigenvalue weighted by Crippen LogP contribution is 2.09. The first-order chi connectivity index (χ1) is 3.80. The Bertz CT molecular complexity index is 98.4. The molecule has 9 heavy (non-hydrogen) atoms. The minimum Gasteiger partial charge on any atom is -0.547 e. The quantitative estimate of drug-likeness (QED) is 0.512. The third kappa shape index (κ3) is 1.99. The van der Waals surface area contributed by atoms with Crippen molar-refractivity contribution in [3.05, 3.63) is 0 Å². The Morgan fingerprint density at radius 2 is 2.33 bits per heavy atom. The van der Waals surface area contributed by atoms with Crippen molar-refractivity contribution in [2.24, 2.45) is 0 Å². The highest BCUT2D eigenvalue weighted by molar-refractivity contribution is 5.70. The molecule has 4 nitrogen and oxygen atoms in total. The molecule has 0 radical (unpaired) electrons. The molecule has 0 bridgehead atoms. The monoisotopic (exact) mass is 133 g/mol. The molecule has 0 aliphatic carbocycles. The summed E-state index contributed by atoms with van der Waals surface area (Å²) in [6.07, 6.45) is 0.830. The van der Waals surface area contributed by atoms with Crippen LogP contribution < -0.4 is 11.3 Å². The average molecular weight is 133 g/mol. The van der Waals surface area contributed by atoms with E-state index in [1.807, 2.05) is 0 Å². The molecule has 0 unspecified atom stereocenters. The highest BCUT2D eigenvalue weighted by Gasteiger charge is 2.15. The van der Waals surface area contributed by atoms with Crippen LogP contribution in [0.5, 0.6) is 0 Å². The van der Waals surface area contributed by atoms with Gasteiger partial charge in [0.15, 0.2) is 0 Å². The van der Waals surface area contributed by atoms with Crippen LogP contribution in [0.25, 0.3) is 0 Å². The Kier molecular flexibility index (Phi) is 3.19. The zero-order chi connectivity index (χ0) is 5.98. The lowest BCUT2D eigenvalue weighted by Crippen LogP contribution is -2.34. The predicted octanol–water partition coefficient (Wildman–Crippen LogP) is -0.708. The van der Waals surface area contributed by atoms with E-state index in [-0.39, 0.29) is 6.15 Å². The fraction of sp³-hybridized carbons (Fsp3) is 0.800. The molecule has 0 aromatic rings. The molecule has 4 N–H and O–H groups in total. The Balaban J connectivity index is 0.000000640. The Labute approximate surface area is 53.4 Å². The van der Waals surface area contributed by atoms with Crippen molar-refractivity contribution < 1.29 is 14.6 Å². The van der Waals surface area contributed by atoms with Crippen molar-refractivity contribution in [1.29, 1.82) is 0 Å². The molecule has 4 heteroatoms. The SMILES string of the molecule is O=C([O-])[C@H]1CCCO1.[NH4+]. The van der Waals surface area contributed by atoms with Crippen molar-refractivity contribution in [3.8, 4) is 0 Å². The minimum atomic E-state index is -1.08. The maximum Gasteiger partial charge on any atom is 0.0969 e. The van der Waals surface area contributed by atoms with Crippen molar-refractivity contribution in [3.63, 3.8) is 0 Å². The number of carboxylic acid groups (broad SMARTS) is 1. The second-order valence-corrected chi connectivity index (χ2v) is 1.82. The van der Waals surface area contributed by atoms with Crippen LogP contribution in [0, 0.1) is 0 Å². The molecular weight excluding hydrogens is 122 g/mol. The van der Waals surface area contributed by atoms with Crippen LogP contribution in [0.2, 0.25) is 0 Å². The zero-order valence-corrected chi connectivity index (χ0v) is 5.42. The summed E-state index contributed by atoms with van der Waals surface area (Å²) in [4.78, 5) is 9.97. The largest absolute Gasteiger partial charge is 0.547 e. The molecule has 1 aliphatic rings. The lowest BCUT2D eigenvalue weighted by molar-refractivity contribution is -0.315. The Morgan fingerprint density at radius 1 is 1.67 bits per heavy atom. The minimum absolute atomic E-state index is 0. The number of carbonyl (C=O) groups is 1. The number of quaternary nitrogens is 1. The number of hydrogen-bond acceptors (Lipinski definition) is 3. The van der Waals surface area contributed by atoms with E-state index in [0.29, 0.717) is 13.0 Å². The van der Waals surface area contributed by atoms with Gasteiger partial charge in [-0.2, -0.15) is 0 Å². The lowest BCUT2D eigenvalue weighted by Gasteiger charge is -2.07. The first-order valence-corrected chi connectivity index (χ1v) is 2.63. The van der Waals surface area contributed by atoms with Gasteiger partial charge in [-0.1, -0.05) is 0 Å². The molecule has 1 heterocycles. The number of carbonyl (C=O) groups excluding carboxylic acids is 1. The van der Waals surface area contributed by atoms with E-state index < -0.39 is 12.1 Å². The lowest BCUT2D eigenvalue weighted by atomic mass is 10.2. The van der Waals surface area contributed by atoms with Gasteiger partial charge in [0.1, 0.15) is 0 Å². The van der Waals surface area contributed by atoms with Crippen molar-refractivity contribution in [2.75, 3.05) is 6.61 Å². The molecule has 0 saturated carbocycles. The van der Waals surface area contributed by atoms with Crippen LogP contribution in [-0.2, 0) is 9.53 Å². The van der Waals surface area contributed by atoms with E-state index in [1.165, 1.54) is 0 Å². The van der Waals surface area contributed by atoms with Gasteiger partial charge in [0, 0.05) is 6.61 Å². The molecule has 0 aromatic heterocycles. The average Bonchev–Trinajstić information content (AvgIpc) is 2.12. The summed E-state index contributed by atoms with van der Waals surface area (Å²) in [5, 5.41) is 9.97. The zero-order valence-electron chi connectivity index (χ0n) is 5.42. The molecule has 1 atom stereocenters. The van der Waals surface area contributed by atoms with E-state index in [2.05, 4.69) is 0 Å². The number of aliphatic carboxylic acids is 1. The van der Waals surface area contributed by atoms with Crippen LogP contribution in [0.1, 0.15) is 12.8 Å². The van der Waals surface area contributed by atoms with Crippen molar-refractivity contribution >= 4 is 5.97 Å². The van der Waals surface area contributed by atoms with E-state index in [9.17, 15) is 9.90 Å².